The summed E-state index contributed by atoms with van der Waals surface area (Å²) in [4.78, 5) is 24.5. The van der Waals surface area contributed by atoms with E-state index >= 15 is 0 Å². The number of benzene rings is 1. The number of rotatable bonds is 0. The van der Waals surface area contributed by atoms with E-state index in [-0.39, 0.29) is 0 Å². The fraction of sp³-hybridized carbons (Fsp3) is 0.385. The van der Waals surface area contributed by atoms with Gasteiger partial charge in [-0.05, 0) is 23.3 Å². The molecule has 110 valence electrons. The summed E-state index contributed by atoms with van der Waals surface area (Å²) in [6, 6.07) is 3.91. The lowest BCUT2D eigenvalue weighted by molar-refractivity contribution is -0.0711. The molecule has 4 unspecified atom stereocenters. The zero-order valence-electron chi connectivity index (χ0n) is 11.0. The first kappa shape index (κ1) is 13.1. The summed E-state index contributed by atoms with van der Waals surface area (Å²) in [5.74, 6) is 0. The summed E-state index contributed by atoms with van der Waals surface area (Å²) in [6.07, 6.45) is -2.25. The van der Waals surface area contributed by atoms with Crippen LogP contribution in [0.15, 0.2) is 32.3 Å². The number of aliphatic hydroxyl groups is 2. The molecule has 8 heteroatoms. The van der Waals surface area contributed by atoms with Gasteiger partial charge in [0, 0.05) is 11.5 Å². The van der Waals surface area contributed by atoms with Gasteiger partial charge in [0.05, 0.1) is 0 Å². The second kappa shape index (κ2) is 3.96. The zero-order chi connectivity index (χ0) is 15.0. The van der Waals surface area contributed by atoms with Crippen molar-refractivity contribution in [3.63, 3.8) is 0 Å². The number of nitrogens with zero attached hydrogens (tertiary/aromatic N) is 3. The quantitative estimate of drug-likeness (QED) is 0.657. The third-order valence-corrected chi connectivity index (χ3v) is 4.90. The molecule has 3 aliphatic rings. The maximum absolute atomic E-state index is 12.3. The lowest BCUT2D eigenvalue weighted by atomic mass is 9.78. The van der Waals surface area contributed by atoms with Crippen molar-refractivity contribution in [2.24, 2.45) is 7.05 Å². The molecule has 0 amide bonds. The molecule has 0 radical (unpaired) electrons. The highest BCUT2D eigenvalue weighted by molar-refractivity contribution is 9.10. The van der Waals surface area contributed by atoms with Gasteiger partial charge in [0.15, 0.2) is 0 Å². The van der Waals surface area contributed by atoms with Crippen molar-refractivity contribution in [3.05, 3.63) is 54.8 Å². The Balaban J connectivity index is 2.15. The van der Waals surface area contributed by atoms with E-state index in [2.05, 4.69) is 15.9 Å². The van der Waals surface area contributed by atoms with Crippen molar-refractivity contribution in [2.45, 2.75) is 24.3 Å². The fourth-order valence-electron chi connectivity index (χ4n) is 3.44. The minimum atomic E-state index is -1.13. The van der Waals surface area contributed by atoms with Crippen LogP contribution in [-0.2, 0) is 7.05 Å². The van der Waals surface area contributed by atoms with Crippen molar-refractivity contribution >= 4 is 15.9 Å². The average molecular weight is 354 g/mol. The third kappa shape index (κ3) is 1.39. The van der Waals surface area contributed by atoms with Crippen LogP contribution in [0, 0.1) is 0 Å². The third-order valence-electron chi connectivity index (χ3n) is 4.41. The van der Waals surface area contributed by atoms with E-state index in [1.165, 1.54) is 16.4 Å². The molecule has 0 saturated heterocycles. The van der Waals surface area contributed by atoms with Gasteiger partial charge in [-0.1, -0.05) is 22.0 Å². The normalized spacial score (nSPS) is 29.3. The second-order valence-corrected chi connectivity index (χ2v) is 6.37. The van der Waals surface area contributed by atoms with E-state index in [1.54, 1.807) is 6.07 Å². The Labute approximate surface area is 126 Å². The minimum Gasteiger partial charge on any atom is -0.388 e. The van der Waals surface area contributed by atoms with Crippen LogP contribution < -0.4 is 11.4 Å². The first-order valence-electron chi connectivity index (χ1n) is 6.49. The van der Waals surface area contributed by atoms with Crippen molar-refractivity contribution in [1.29, 1.82) is 0 Å². The van der Waals surface area contributed by atoms with Crippen LogP contribution in [0.4, 0.5) is 0 Å². The molecular weight excluding hydrogens is 342 g/mol. The molecule has 1 aromatic carbocycles. The SMILES string of the molecule is Cn1c(=O)n2n(c1=O)C1c3cc(Br)ccc3C2C(O)C1O. The maximum Gasteiger partial charge on any atom is 0.347 e. The smallest absolute Gasteiger partial charge is 0.347 e. The number of hydrogen-bond donors (Lipinski definition) is 2. The van der Waals surface area contributed by atoms with Crippen molar-refractivity contribution in [1.82, 2.24) is 13.9 Å². The van der Waals surface area contributed by atoms with Crippen LogP contribution in [0.3, 0.4) is 0 Å². The summed E-state index contributed by atoms with van der Waals surface area (Å²) in [7, 11) is 1.39. The molecule has 5 rings (SSSR count). The Hall–Kier alpha value is -1.64. The predicted octanol–water partition coefficient (Wildman–Crippen LogP) is -0.661. The van der Waals surface area contributed by atoms with E-state index in [4.69, 9.17) is 0 Å². The molecule has 0 saturated carbocycles. The molecule has 4 atom stereocenters. The molecule has 2 bridgehead atoms. The van der Waals surface area contributed by atoms with Gasteiger partial charge >= 0.3 is 11.4 Å². The fourth-order valence-corrected chi connectivity index (χ4v) is 3.82. The highest BCUT2D eigenvalue weighted by atomic mass is 79.9. The Morgan fingerprint density at radius 2 is 1.52 bits per heavy atom. The Morgan fingerprint density at radius 1 is 1.00 bits per heavy atom. The Morgan fingerprint density at radius 3 is 2.10 bits per heavy atom. The van der Waals surface area contributed by atoms with Crippen molar-refractivity contribution < 1.29 is 10.2 Å². The first-order chi connectivity index (χ1) is 9.93. The number of aromatic nitrogens is 3. The Kier molecular flexibility index (Phi) is 2.46. The van der Waals surface area contributed by atoms with Gasteiger partial charge < -0.3 is 10.2 Å². The monoisotopic (exact) mass is 353 g/mol. The molecular formula is C13H12BrN3O4. The van der Waals surface area contributed by atoms with Crippen LogP contribution in [0.1, 0.15) is 23.2 Å². The number of hydrogen-bond acceptors (Lipinski definition) is 4. The van der Waals surface area contributed by atoms with E-state index in [1.807, 2.05) is 12.1 Å². The van der Waals surface area contributed by atoms with E-state index in [0.717, 1.165) is 20.2 Å². The molecule has 2 aliphatic heterocycles. The van der Waals surface area contributed by atoms with Crippen LogP contribution in [0.25, 0.3) is 0 Å². The lowest BCUT2D eigenvalue weighted by Crippen LogP contribution is -2.57. The average Bonchev–Trinajstić information content (AvgIpc) is 2.68. The maximum atomic E-state index is 12.3. The molecule has 1 aromatic heterocycles. The minimum absolute atomic E-state index is 0.491. The summed E-state index contributed by atoms with van der Waals surface area (Å²) in [6.45, 7) is 0. The lowest BCUT2D eigenvalue weighted by Gasteiger charge is -2.45. The molecule has 21 heavy (non-hydrogen) atoms. The standard InChI is InChI=1S/C13H12BrN3O4/c1-15-12(20)16-8-6-3-2-5(14)4-7(6)9(11(19)10(8)18)17(16)13(15)21/h2-4,8-11,18-19H,1H3. The highest BCUT2D eigenvalue weighted by Crippen LogP contribution is 2.44. The van der Waals surface area contributed by atoms with E-state index in [0.29, 0.717) is 0 Å². The van der Waals surface area contributed by atoms with Crippen molar-refractivity contribution in [2.75, 3.05) is 0 Å². The van der Waals surface area contributed by atoms with Crippen molar-refractivity contribution in [3.8, 4) is 0 Å². The van der Waals surface area contributed by atoms with Gasteiger partial charge in [0.25, 0.3) is 0 Å². The van der Waals surface area contributed by atoms with E-state index < -0.39 is 35.7 Å². The molecule has 7 nitrogen and oxygen atoms in total. The summed E-state index contributed by atoms with van der Waals surface area (Å²) in [5.41, 5.74) is 0.523. The number of fused-ring (bicyclic) bond motifs is 1. The first-order valence-corrected chi connectivity index (χ1v) is 7.28. The van der Waals surface area contributed by atoms with Gasteiger partial charge in [-0.25, -0.2) is 23.5 Å². The van der Waals surface area contributed by atoms with Gasteiger partial charge in [-0.3, -0.25) is 0 Å². The summed E-state index contributed by atoms with van der Waals surface area (Å²) in [5, 5.41) is 20.6. The summed E-state index contributed by atoms with van der Waals surface area (Å²) >= 11 is 3.37. The largest absolute Gasteiger partial charge is 0.388 e. The molecule has 2 N–H and O–H groups in total. The predicted molar refractivity (Wildman–Crippen MR) is 76.4 cm³/mol. The zero-order valence-corrected chi connectivity index (χ0v) is 12.6. The van der Waals surface area contributed by atoms with Crippen LogP contribution in [0.2, 0.25) is 0 Å². The van der Waals surface area contributed by atoms with E-state index in [9.17, 15) is 19.8 Å². The summed E-state index contributed by atoms with van der Waals surface area (Å²) < 4.78 is 4.30. The van der Waals surface area contributed by atoms with Gasteiger partial charge in [-0.2, -0.15) is 0 Å². The topological polar surface area (TPSA) is 89.4 Å². The van der Waals surface area contributed by atoms with Crippen LogP contribution in [0.5, 0.6) is 0 Å². The number of aliphatic hydroxyl groups excluding tert-OH is 2. The second-order valence-electron chi connectivity index (χ2n) is 5.46. The highest BCUT2D eigenvalue weighted by Gasteiger charge is 2.51. The molecule has 2 aromatic rings. The van der Waals surface area contributed by atoms with Gasteiger partial charge in [-0.15, -0.1) is 0 Å². The molecule has 3 heterocycles. The van der Waals surface area contributed by atoms with Crippen LogP contribution >= 0.6 is 15.9 Å². The molecule has 0 fully saturated rings. The van der Waals surface area contributed by atoms with Crippen LogP contribution in [-0.4, -0.2) is 36.4 Å². The number of halogens is 1. The van der Waals surface area contributed by atoms with Gasteiger partial charge in [0.1, 0.15) is 24.3 Å². The Bertz CT molecular complexity index is 881. The molecule has 1 aliphatic carbocycles. The van der Waals surface area contributed by atoms with Gasteiger partial charge in [0.2, 0.25) is 0 Å². The molecule has 0 spiro atoms.